The standard InChI is InChI=1S/C30H34N2O/c33-30-28-19-8-7-17-26(28)23-32(30)29-20-10-12-22-31(29)21-11-9-18-27(24-13-3-1-4-14-24)25-15-5-2-6-16-25/h1-8,13-17,19,27,29H,9-12,18,20-23H2. The summed E-state index contributed by atoms with van der Waals surface area (Å²) in [4.78, 5) is 17.8. The first-order chi connectivity index (χ1) is 16.3. The van der Waals surface area contributed by atoms with Crippen LogP contribution in [0.5, 0.6) is 0 Å². The topological polar surface area (TPSA) is 23.6 Å². The van der Waals surface area contributed by atoms with Crippen LogP contribution in [0.3, 0.4) is 0 Å². The second kappa shape index (κ2) is 10.4. The van der Waals surface area contributed by atoms with Gasteiger partial charge in [-0.15, -0.1) is 0 Å². The molecule has 2 aliphatic rings. The molecule has 1 saturated heterocycles. The molecular weight excluding hydrogens is 404 g/mol. The first-order valence-corrected chi connectivity index (χ1v) is 12.5. The number of amides is 1. The van der Waals surface area contributed by atoms with Crippen LogP contribution >= 0.6 is 0 Å². The number of likely N-dealkylation sites (tertiary alicyclic amines) is 1. The van der Waals surface area contributed by atoms with Crippen LogP contribution < -0.4 is 0 Å². The summed E-state index contributed by atoms with van der Waals surface area (Å²) in [6, 6.07) is 29.9. The van der Waals surface area contributed by atoms with Gasteiger partial charge < -0.3 is 4.90 Å². The molecule has 0 radical (unpaired) electrons. The molecule has 0 N–H and O–H groups in total. The molecule has 1 atom stereocenters. The maximum atomic E-state index is 13.1. The van der Waals surface area contributed by atoms with Crippen LogP contribution in [0.1, 0.15) is 71.5 Å². The molecule has 3 nitrogen and oxygen atoms in total. The third kappa shape index (κ3) is 4.89. The van der Waals surface area contributed by atoms with E-state index in [0.717, 1.165) is 38.0 Å². The van der Waals surface area contributed by atoms with Crippen LogP contribution in [0.25, 0.3) is 0 Å². The van der Waals surface area contributed by atoms with Gasteiger partial charge in [0.25, 0.3) is 5.91 Å². The predicted molar refractivity (Wildman–Crippen MR) is 134 cm³/mol. The molecule has 2 heterocycles. The molecule has 5 rings (SSSR count). The third-order valence-electron chi connectivity index (χ3n) is 7.38. The van der Waals surface area contributed by atoms with Gasteiger partial charge in [-0.2, -0.15) is 0 Å². The minimum absolute atomic E-state index is 0.218. The van der Waals surface area contributed by atoms with Crippen LogP contribution in [0.15, 0.2) is 84.9 Å². The lowest BCUT2D eigenvalue weighted by Gasteiger charge is -2.41. The van der Waals surface area contributed by atoms with Gasteiger partial charge in [-0.3, -0.25) is 9.69 Å². The number of carbonyl (C=O) groups is 1. The Kier molecular flexibility index (Phi) is 6.87. The maximum Gasteiger partial charge on any atom is 0.255 e. The van der Waals surface area contributed by atoms with Gasteiger partial charge in [-0.25, -0.2) is 0 Å². The molecule has 0 aromatic heterocycles. The molecule has 0 saturated carbocycles. The Morgan fingerprint density at radius 1 is 0.788 bits per heavy atom. The van der Waals surface area contributed by atoms with Gasteiger partial charge in [0.05, 0.1) is 6.17 Å². The van der Waals surface area contributed by atoms with Gasteiger partial charge in [0.1, 0.15) is 0 Å². The molecule has 0 aliphatic carbocycles. The minimum atomic E-state index is 0.218. The number of piperidine rings is 1. The molecule has 3 aromatic carbocycles. The van der Waals surface area contributed by atoms with E-state index >= 15 is 0 Å². The van der Waals surface area contributed by atoms with Gasteiger partial charge >= 0.3 is 0 Å². The van der Waals surface area contributed by atoms with E-state index in [9.17, 15) is 4.79 Å². The number of fused-ring (bicyclic) bond motifs is 1. The molecule has 1 fully saturated rings. The van der Waals surface area contributed by atoms with E-state index in [1.54, 1.807) is 0 Å². The Morgan fingerprint density at radius 3 is 2.15 bits per heavy atom. The Balaban J connectivity index is 1.21. The fraction of sp³-hybridized carbons (Fsp3) is 0.367. The predicted octanol–water partition coefficient (Wildman–Crippen LogP) is 6.46. The van der Waals surface area contributed by atoms with Crippen molar-refractivity contribution in [2.75, 3.05) is 13.1 Å². The monoisotopic (exact) mass is 438 g/mol. The zero-order valence-corrected chi connectivity index (χ0v) is 19.4. The largest absolute Gasteiger partial charge is 0.319 e. The van der Waals surface area contributed by atoms with Crippen LogP contribution in [-0.4, -0.2) is 35.0 Å². The van der Waals surface area contributed by atoms with Crippen molar-refractivity contribution >= 4 is 5.91 Å². The van der Waals surface area contributed by atoms with Gasteiger partial charge in [0.2, 0.25) is 0 Å². The van der Waals surface area contributed by atoms with E-state index in [2.05, 4.69) is 76.5 Å². The summed E-state index contributed by atoms with van der Waals surface area (Å²) in [5, 5.41) is 0. The highest BCUT2D eigenvalue weighted by atomic mass is 16.2. The highest BCUT2D eigenvalue weighted by molar-refractivity contribution is 5.98. The Hall–Kier alpha value is -2.91. The normalized spacial score (nSPS) is 18.6. The van der Waals surface area contributed by atoms with Crippen molar-refractivity contribution in [1.82, 2.24) is 9.80 Å². The van der Waals surface area contributed by atoms with Gasteiger partial charge in [0.15, 0.2) is 0 Å². The lowest BCUT2D eigenvalue weighted by molar-refractivity contribution is 0.0143. The molecule has 2 aliphatic heterocycles. The Labute approximate surface area is 198 Å². The minimum Gasteiger partial charge on any atom is -0.319 e. The number of carbonyl (C=O) groups excluding carboxylic acids is 1. The van der Waals surface area contributed by atoms with E-state index in [0.29, 0.717) is 5.92 Å². The zero-order valence-electron chi connectivity index (χ0n) is 19.4. The number of hydrogen-bond donors (Lipinski definition) is 0. The summed E-state index contributed by atoms with van der Waals surface area (Å²) in [5.74, 6) is 0.662. The second-order valence-electron chi connectivity index (χ2n) is 9.47. The van der Waals surface area contributed by atoms with Crippen molar-refractivity contribution in [1.29, 1.82) is 0 Å². The lowest BCUT2D eigenvalue weighted by Crippen LogP contribution is -2.51. The molecule has 1 amide bonds. The van der Waals surface area contributed by atoms with E-state index in [-0.39, 0.29) is 12.1 Å². The fourth-order valence-electron chi connectivity index (χ4n) is 5.66. The molecule has 0 bridgehead atoms. The molecule has 33 heavy (non-hydrogen) atoms. The maximum absolute atomic E-state index is 13.1. The molecule has 0 spiro atoms. The summed E-state index contributed by atoms with van der Waals surface area (Å²) in [5.41, 5.74) is 4.89. The molecular formula is C30H34N2O. The zero-order chi connectivity index (χ0) is 22.5. The van der Waals surface area contributed by atoms with Gasteiger partial charge in [0, 0.05) is 31.1 Å². The number of nitrogens with zero attached hydrogens (tertiary/aromatic N) is 2. The van der Waals surface area contributed by atoms with Crippen LogP contribution in [0, 0.1) is 0 Å². The molecule has 3 heteroatoms. The molecule has 170 valence electrons. The molecule has 3 aromatic rings. The van der Waals surface area contributed by atoms with Crippen molar-refractivity contribution in [2.45, 2.75) is 57.2 Å². The average Bonchev–Trinajstić information content (AvgIpc) is 3.22. The average molecular weight is 439 g/mol. The summed E-state index contributed by atoms with van der Waals surface area (Å²) in [6.45, 7) is 2.94. The first-order valence-electron chi connectivity index (χ1n) is 12.5. The SMILES string of the molecule is O=C1c2ccccc2CN1C1CCCCN1CCCCC(c1ccccc1)c1ccccc1. The highest BCUT2D eigenvalue weighted by Gasteiger charge is 2.36. The third-order valence-corrected chi connectivity index (χ3v) is 7.38. The number of hydrogen-bond acceptors (Lipinski definition) is 2. The van der Waals surface area contributed by atoms with Crippen molar-refractivity contribution in [3.05, 3.63) is 107 Å². The van der Waals surface area contributed by atoms with E-state index < -0.39 is 0 Å². The van der Waals surface area contributed by atoms with Crippen molar-refractivity contribution in [3.63, 3.8) is 0 Å². The van der Waals surface area contributed by atoms with Crippen molar-refractivity contribution in [3.8, 4) is 0 Å². The van der Waals surface area contributed by atoms with Gasteiger partial charge in [-0.05, 0) is 54.9 Å². The Morgan fingerprint density at radius 2 is 1.45 bits per heavy atom. The van der Waals surface area contributed by atoms with Crippen LogP contribution in [0.4, 0.5) is 0 Å². The van der Waals surface area contributed by atoms with Crippen molar-refractivity contribution < 1.29 is 4.79 Å². The van der Waals surface area contributed by atoms with E-state index in [1.807, 2.05) is 18.2 Å². The number of rotatable bonds is 8. The van der Waals surface area contributed by atoms with E-state index in [1.165, 1.54) is 42.4 Å². The second-order valence-corrected chi connectivity index (χ2v) is 9.47. The lowest BCUT2D eigenvalue weighted by atomic mass is 9.87. The number of benzene rings is 3. The van der Waals surface area contributed by atoms with Crippen LogP contribution in [-0.2, 0) is 6.54 Å². The fourth-order valence-corrected chi connectivity index (χ4v) is 5.66. The van der Waals surface area contributed by atoms with Crippen molar-refractivity contribution in [2.24, 2.45) is 0 Å². The van der Waals surface area contributed by atoms with Gasteiger partial charge in [-0.1, -0.05) is 85.3 Å². The first kappa shape index (κ1) is 21.9. The summed E-state index contributed by atoms with van der Waals surface area (Å²) < 4.78 is 0. The quantitative estimate of drug-likeness (QED) is 0.377. The molecule has 1 unspecified atom stereocenters. The van der Waals surface area contributed by atoms with Crippen LogP contribution in [0.2, 0.25) is 0 Å². The number of unbranched alkanes of at least 4 members (excludes halogenated alkanes) is 1. The van der Waals surface area contributed by atoms with E-state index in [4.69, 9.17) is 0 Å². The summed E-state index contributed by atoms with van der Waals surface area (Å²) in [6.07, 6.45) is 7.30. The smallest absolute Gasteiger partial charge is 0.255 e. The highest BCUT2D eigenvalue weighted by Crippen LogP contribution is 2.32. The summed E-state index contributed by atoms with van der Waals surface area (Å²) in [7, 11) is 0. The Bertz CT molecular complexity index is 1010. The summed E-state index contributed by atoms with van der Waals surface area (Å²) >= 11 is 0.